The highest BCUT2D eigenvalue weighted by molar-refractivity contribution is 5.81. The molecule has 1 fully saturated rings. The van der Waals surface area contributed by atoms with Gasteiger partial charge < -0.3 is 9.80 Å². The third kappa shape index (κ3) is 3.74. The number of likely N-dealkylation sites (tertiary alicyclic amines) is 1. The summed E-state index contributed by atoms with van der Waals surface area (Å²) >= 11 is 0. The fraction of sp³-hybridized carbons (Fsp3) is 0.500. The van der Waals surface area contributed by atoms with E-state index >= 15 is 0 Å². The van der Waals surface area contributed by atoms with Crippen molar-refractivity contribution in [1.29, 1.82) is 5.26 Å². The van der Waals surface area contributed by atoms with Gasteiger partial charge in [-0.25, -0.2) is 0 Å². The summed E-state index contributed by atoms with van der Waals surface area (Å²) in [6, 6.07) is 10.1. The van der Waals surface area contributed by atoms with Crippen LogP contribution in [0.2, 0.25) is 0 Å². The molecule has 1 amide bonds. The van der Waals surface area contributed by atoms with Gasteiger partial charge >= 0.3 is 0 Å². The molecule has 106 valence electrons. The maximum atomic E-state index is 12.3. The number of rotatable bonds is 4. The summed E-state index contributed by atoms with van der Waals surface area (Å²) in [6.07, 6.45) is 3.40. The zero-order chi connectivity index (χ0) is 14.4. The Morgan fingerprint density at radius 3 is 2.75 bits per heavy atom. The van der Waals surface area contributed by atoms with Crippen molar-refractivity contribution < 1.29 is 4.79 Å². The number of carbonyl (C=O) groups is 1. The lowest BCUT2D eigenvalue weighted by atomic mass is 10.1. The average Bonchev–Trinajstić information content (AvgIpc) is 2.47. The molecule has 0 aromatic heterocycles. The number of nitrogens with zero attached hydrogens (tertiary/aromatic N) is 3. The number of carbonyl (C=O) groups excluding carboxylic acids is 1. The molecule has 20 heavy (non-hydrogen) atoms. The van der Waals surface area contributed by atoms with E-state index in [1.165, 1.54) is 6.42 Å². The van der Waals surface area contributed by atoms with Crippen molar-refractivity contribution >= 4 is 11.6 Å². The predicted molar refractivity (Wildman–Crippen MR) is 79.4 cm³/mol. The van der Waals surface area contributed by atoms with E-state index in [0.717, 1.165) is 37.2 Å². The number of amides is 1. The van der Waals surface area contributed by atoms with E-state index in [1.807, 2.05) is 41.0 Å². The fourth-order valence-corrected chi connectivity index (χ4v) is 2.56. The Balaban J connectivity index is 2.05. The summed E-state index contributed by atoms with van der Waals surface area (Å²) in [5.74, 6) is 0.126. The van der Waals surface area contributed by atoms with Crippen LogP contribution in [0.3, 0.4) is 0 Å². The van der Waals surface area contributed by atoms with Crippen LogP contribution in [0.5, 0.6) is 0 Å². The average molecular weight is 271 g/mol. The van der Waals surface area contributed by atoms with Crippen molar-refractivity contribution in [1.82, 2.24) is 4.90 Å². The zero-order valence-electron chi connectivity index (χ0n) is 12.0. The lowest BCUT2D eigenvalue weighted by Crippen LogP contribution is -2.43. The molecule has 4 nitrogen and oxygen atoms in total. The van der Waals surface area contributed by atoms with E-state index in [1.54, 1.807) is 0 Å². The van der Waals surface area contributed by atoms with Crippen LogP contribution in [-0.4, -0.2) is 37.0 Å². The van der Waals surface area contributed by atoms with Gasteiger partial charge in [0.1, 0.15) is 6.54 Å². The third-order valence-electron chi connectivity index (χ3n) is 3.66. The maximum absolute atomic E-state index is 12.3. The smallest absolute Gasteiger partial charge is 0.242 e. The van der Waals surface area contributed by atoms with Crippen LogP contribution in [0, 0.1) is 18.3 Å². The normalized spacial score (nSPS) is 14.7. The summed E-state index contributed by atoms with van der Waals surface area (Å²) in [5, 5.41) is 8.97. The van der Waals surface area contributed by atoms with Crippen molar-refractivity contribution in [3.63, 3.8) is 0 Å². The van der Waals surface area contributed by atoms with Gasteiger partial charge in [0.05, 0.1) is 12.6 Å². The lowest BCUT2D eigenvalue weighted by Gasteiger charge is -2.30. The summed E-state index contributed by atoms with van der Waals surface area (Å²) in [4.78, 5) is 16.1. The minimum atomic E-state index is 0.126. The van der Waals surface area contributed by atoms with E-state index in [2.05, 4.69) is 6.07 Å². The summed E-state index contributed by atoms with van der Waals surface area (Å²) in [7, 11) is 0. The first-order valence-electron chi connectivity index (χ1n) is 7.17. The quantitative estimate of drug-likeness (QED) is 0.790. The molecule has 0 spiro atoms. The van der Waals surface area contributed by atoms with Gasteiger partial charge in [-0.1, -0.05) is 12.1 Å². The summed E-state index contributed by atoms with van der Waals surface area (Å²) in [5.41, 5.74) is 2.08. The van der Waals surface area contributed by atoms with E-state index in [-0.39, 0.29) is 19.0 Å². The molecule has 1 aromatic carbocycles. The molecule has 1 aliphatic heterocycles. The number of nitriles is 1. The molecule has 0 bridgehead atoms. The van der Waals surface area contributed by atoms with Gasteiger partial charge in [-0.05, 0) is 43.9 Å². The number of anilines is 1. The van der Waals surface area contributed by atoms with Gasteiger partial charge in [0.2, 0.25) is 5.91 Å². The van der Waals surface area contributed by atoms with Gasteiger partial charge in [0, 0.05) is 18.8 Å². The van der Waals surface area contributed by atoms with Crippen LogP contribution in [-0.2, 0) is 4.79 Å². The van der Waals surface area contributed by atoms with Crippen molar-refractivity contribution in [2.75, 3.05) is 31.1 Å². The highest BCUT2D eigenvalue weighted by atomic mass is 16.2. The van der Waals surface area contributed by atoms with Crippen molar-refractivity contribution in [2.24, 2.45) is 0 Å². The topological polar surface area (TPSA) is 47.3 Å². The molecule has 0 unspecified atom stereocenters. The van der Waals surface area contributed by atoms with Crippen molar-refractivity contribution in [3.8, 4) is 6.07 Å². The minimum absolute atomic E-state index is 0.126. The van der Waals surface area contributed by atoms with Crippen LogP contribution >= 0.6 is 0 Å². The second kappa shape index (κ2) is 6.95. The number of hydrogen-bond acceptors (Lipinski definition) is 3. The van der Waals surface area contributed by atoms with Crippen LogP contribution in [0.15, 0.2) is 24.3 Å². The van der Waals surface area contributed by atoms with E-state index < -0.39 is 0 Å². The molecule has 4 heteroatoms. The minimum Gasteiger partial charge on any atom is -0.349 e. The first-order valence-corrected chi connectivity index (χ1v) is 7.17. The standard InChI is InChI=1S/C16H21N3O/c1-14-6-5-7-15(12-14)19(11-8-17)13-16(20)18-9-3-2-4-10-18/h5-7,12H,2-4,9-11,13H2,1H3. The molecule has 2 rings (SSSR count). The Kier molecular flexibility index (Phi) is 5.00. The van der Waals surface area contributed by atoms with Crippen LogP contribution in [0.1, 0.15) is 24.8 Å². The molecule has 0 aliphatic carbocycles. The van der Waals surface area contributed by atoms with Gasteiger partial charge in [0.25, 0.3) is 0 Å². The fourth-order valence-electron chi connectivity index (χ4n) is 2.56. The van der Waals surface area contributed by atoms with Crippen LogP contribution in [0.25, 0.3) is 0 Å². The molecular weight excluding hydrogens is 250 g/mol. The number of aryl methyl sites for hydroxylation is 1. The SMILES string of the molecule is Cc1cccc(N(CC#N)CC(=O)N2CCCCC2)c1. The Labute approximate surface area is 120 Å². The highest BCUT2D eigenvalue weighted by Crippen LogP contribution is 2.16. The molecule has 1 aromatic rings. The summed E-state index contributed by atoms with van der Waals surface area (Å²) < 4.78 is 0. The summed E-state index contributed by atoms with van der Waals surface area (Å²) in [6.45, 7) is 4.25. The van der Waals surface area contributed by atoms with Crippen LogP contribution < -0.4 is 4.90 Å². The van der Waals surface area contributed by atoms with Crippen LogP contribution in [0.4, 0.5) is 5.69 Å². The van der Waals surface area contributed by atoms with E-state index in [0.29, 0.717) is 0 Å². The Hall–Kier alpha value is -2.02. The predicted octanol–water partition coefficient (Wildman–Crippen LogP) is 2.34. The molecular formula is C16H21N3O. The molecule has 0 atom stereocenters. The first kappa shape index (κ1) is 14.4. The van der Waals surface area contributed by atoms with Gasteiger partial charge in [-0.3, -0.25) is 4.79 Å². The second-order valence-corrected chi connectivity index (χ2v) is 5.29. The van der Waals surface area contributed by atoms with Crippen molar-refractivity contribution in [2.45, 2.75) is 26.2 Å². The Morgan fingerprint density at radius 2 is 2.10 bits per heavy atom. The van der Waals surface area contributed by atoms with E-state index in [4.69, 9.17) is 5.26 Å². The molecule has 0 N–H and O–H groups in total. The van der Waals surface area contributed by atoms with Gasteiger partial charge in [0.15, 0.2) is 0 Å². The first-order chi connectivity index (χ1) is 9.70. The number of hydrogen-bond donors (Lipinski definition) is 0. The monoisotopic (exact) mass is 271 g/mol. The third-order valence-corrected chi connectivity index (χ3v) is 3.66. The maximum Gasteiger partial charge on any atom is 0.242 e. The lowest BCUT2D eigenvalue weighted by molar-refractivity contribution is -0.130. The zero-order valence-corrected chi connectivity index (χ0v) is 12.0. The molecule has 0 radical (unpaired) electrons. The molecule has 1 heterocycles. The molecule has 1 aliphatic rings. The Morgan fingerprint density at radius 1 is 1.35 bits per heavy atom. The number of benzene rings is 1. The van der Waals surface area contributed by atoms with Gasteiger partial charge in [-0.2, -0.15) is 5.26 Å². The molecule has 1 saturated heterocycles. The Bertz CT molecular complexity index is 501. The second-order valence-electron chi connectivity index (χ2n) is 5.29. The van der Waals surface area contributed by atoms with Gasteiger partial charge in [-0.15, -0.1) is 0 Å². The largest absolute Gasteiger partial charge is 0.349 e. The highest BCUT2D eigenvalue weighted by Gasteiger charge is 2.19. The van der Waals surface area contributed by atoms with E-state index in [9.17, 15) is 4.79 Å². The van der Waals surface area contributed by atoms with Crippen molar-refractivity contribution in [3.05, 3.63) is 29.8 Å². The number of piperidine rings is 1. The molecule has 0 saturated carbocycles.